The van der Waals surface area contributed by atoms with Gasteiger partial charge in [0.2, 0.25) is 0 Å². The van der Waals surface area contributed by atoms with Crippen molar-refractivity contribution >= 4 is 33.4 Å². The molecule has 1 aliphatic rings. The molecule has 3 rings (SSSR count). The van der Waals surface area contributed by atoms with E-state index in [1.807, 2.05) is 24.3 Å². The molecule has 5 nitrogen and oxygen atoms in total. The highest BCUT2D eigenvalue weighted by Gasteiger charge is 2.35. The van der Waals surface area contributed by atoms with Gasteiger partial charge in [-0.15, -0.1) is 11.3 Å². The number of thiazole rings is 1. The Bertz CT molecular complexity index is 789. The van der Waals surface area contributed by atoms with E-state index in [0.29, 0.717) is 6.42 Å². The molecule has 1 N–H and O–H groups in total. The lowest BCUT2D eigenvalue weighted by atomic mass is 9.79. The molecule has 1 saturated carbocycles. The number of halogens is 3. The second kappa shape index (κ2) is 8.24. The van der Waals surface area contributed by atoms with Crippen LogP contribution in [0.15, 0.2) is 24.3 Å². The number of hydrogen-bond acceptors (Lipinski definition) is 5. The van der Waals surface area contributed by atoms with Crippen LogP contribution < -0.4 is 5.32 Å². The molecular weight excluding hydrogens is 381 g/mol. The molecule has 1 amide bonds. The summed E-state index contributed by atoms with van der Waals surface area (Å²) in [7, 11) is 0. The number of para-hydroxylation sites is 1. The van der Waals surface area contributed by atoms with Crippen LogP contribution in [0.1, 0.15) is 36.6 Å². The first-order valence-electron chi connectivity index (χ1n) is 8.69. The normalized spacial score (nSPS) is 20.4. The Kier molecular flexibility index (Phi) is 5.98. The minimum absolute atomic E-state index is 0.0955. The first-order chi connectivity index (χ1) is 12.8. The number of ether oxygens (including phenoxy) is 1. The van der Waals surface area contributed by atoms with Crippen molar-refractivity contribution in [3.05, 3.63) is 29.3 Å². The van der Waals surface area contributed by atoms with Crippen LogP contribution in [-0.4, -0.2) is 36.2 Å². The maximum absolute atomic E-state index is 12.5. The number of rotatable bonds is 5. The van der Waals surface area contributed by atoms with Crippen LogP contribution in [-0.2, 0) is 14.3 Å². The van der Waals surface area contributed by atoms with Gasteiger partial charge in [0.25, 0.3) is 5.91 Å². The number of carbonyl (C=O) groups excluding carboxylic acids is 2. The summed E-state index contributed by atoms with van der Waals surface area (Å²) in [5, 5.41) is 2.55. The molecule has 9 heteroatoms. The van der Waals surface area contributed by atoms with Gasteiger partial charge < -0.3 is 10.1 Å². The summed E-state index contributed by atoms with van der Waals surface area (Å²) in [5.74, 6) is -2.05. The van der Waals surface area contributed by atoms with Gasteiger partial charge in [-0.1, -0.05) is 25.0 Å². The number of hydrogen-bond donors (Lipinski definition) is 1. The summed E-state index contributed by atoms with van der Waals surface area (Å²) < 4.78 is 42.3. The monoisotopic (exact) mass is 400 g/mol. The van der Waals surface area contributed by atoms with Crippen molar-refractivity contribution in [2.75, 3.05) is 13.2 Å². The molecule has 1 heterocycles. The third kappa shape index (κ3) is 5.18. The van der Waals surface area contributed by atoms with Gasteiger partial charge in [0.1, 0.15) is 6.54 Å². The number of benzene rings is 1. The molecule has 1 fully saturated rings. The number of nitrogens with one attached hydrogen (secondary N) is 1. The highest BCUT2D eigenvalue weighted by Crippen LogP contribution is 2.41. The van der Waals surface area contributed by atoms with Gasteiger partial charge in [-0.25, -0.2) is 4.98 Å². The van der Waals surface area contributed by atoms with E-state index in [4.69, 9.17) is 4.74 Å². The fraction of sp³-hybridized carbons (Fsp3) is 0.500. The highest BCUT2D eigenvalue weighted by atomic mass is 32.1. The zero-order chi connectivity index (χ0) is 19.4. The van der Waals surface area contributed by atoms with Crippen molar-refractivity contribution in [2.45, 2.75) is 37.8 Å². The van der Waals surface area contributed by atoms with Gasteiger partial charge in [0, 0.05) is 5.92 Å². The van der Waals surface area contributed by atoms with Crippen molar-refractivity contribution in [1.29, 1.82) is 0 Å². The number of fused-ring (bicyclic) bond motifs is 1. The summed E-state index contributed by atoms with van der Waals surface area (Å²) >= 11 is 1.54. The van der Waals surface area contributed by atoms with Gasteiger partial charge in [0.05, 0.1) is 21.1 Å². The Morgan fingerprint density at radius 3 is 2.70 bits per heavy atom. The van der Waals surface area contributed by atoms with Gasteiger partial charge in [0.15, 0.2) is 6.61 Å². The summed E-state index contributed by atoms with van der Waals surface area (Å²) in [6, 6.07) is 7.71. The Morgan fingerprint density at radius 2 is 1.96 bits per heavy atom. The molecule has 0 saturated heterocycles. The van der Waals surface area contributed by atoms with Crippen molar-refractivity contribution in [1.82, 2.24) is 10.3 Å². The summed E-state index contributed by atoms with van der Waals surface area (Å²) in [6.45, 7) is -2.15. The van der Waals surface area contributed by atoms with E-state index >= 15 is 0 Å². The lowest BCUT2D eigenvalue weighted by Crippen LogP contribution is -2.37. The third-order valence-corrected chi connectivity index (χ3v) is 5.70. The predicted molar refractivity (Wildman–Crippen MR) is 94.3 cm³/mol. The molecule has 0 unspecified atom stereocenters. The summed E-state index contributed by atoms with van der Waals surface area (Å²) in [6.07, 6.45) is -1.26. The Labute approximate surface area is 157 Å². The average Bonchev–Trinajstić information content (AvgIpc) is 3.08. The Morgan fingerprint density at radius 1 is 1.22 bits per heavy atom. The molecule has 1 aromatic heterocycles. The summed E-state index contributed by atoms with van der Waals surface area (Å²) in [4.78, 5) is 28.5. The van der Waals surface area contributed by atoms with Gasteiger partial charge >= 0.3 is 12.1 Å². The van der Waals surface area contributed by atoms with Crippen LogP contribution in [0.2, 0.25) is 0 Å². The van der Waals surface area contributed by atoms with E-state index in [1.54, 1.807) is 5.32 Å². The van der Waals surface area contributed by atoms with Crippen molar-refractivity contribution in [3.8, 4) is 0 Å². The second-order valence-corrected chi connectivity index (χ2v) is 7.58. The largest absolute Gasteiger partial charge is 0.455 e. The van der Waals surface area contributed by atoms with E-state index in [9.17, 15) is 22.8 Å². The van der Waals surface area contributed by atoms with E-state index in [1.165, 1.54) is 11.3 Å². The molecule has 0 spiro atoms. The number of amides is 1. The lowest BCUT2D eigenvalue weighted by molar-refractivity contribution is -0.156. The number of alkyl halides is 3. The zero-order valence-electron chi connectivity index (χ0n) is 14.4. The van der Waals surface area contributed by atoms with Crippen LogP contribution in [0.4, 0.5) is 13.2 Å². The van der Waals surface area contributed by atoms with Gasteiger partial charge in [-0.3, -0.25) is 9.59 Å². The summed E-state index contributed by atoms with van der Waals surface area (Å²) in [5.41, 5.74) is 0.877. The smallest absolute Gasteiger partial charge is 0.405 e. The zero-order valence-corrected chi connectivity index (χ0v) is 15.2. The molecule has 2 atom stereocenters. The minimum atomic E-state index is -4.50. The second-order valence-electron chi connectivity index (χ2n) is 6.52. The number of aromatic nitrogens is 1. The van der Waals surface area contributed by atoms with Crippen molar-refractivity contribution in [3.63, 3.8) is 0 Å². The number of carbonyl (C=O) groups is 2. The van der Waals surface area contributed by atoms with Gasteiger partial charge in [-0.2, -0.15) is 13.2 Å². The van der Waals surface area contributed by atoms with Crippen LogP contribution in [0, 0.1) is 5.92 Å². The first kappa shape index (κ1) is 19.6. The SMILES string of the molecule is O=C(COC(=O)[C@@H]1CCCC[C@H]1c1nc2ccccc2s1)NCC(F)(F)F. The molecular formula is C18H19F3N2O3S. The predicted octanol–water partition coefficient (Wildman–Crippen LogP) is 3.79. The maximum Gasteiger partial charge on any atom is 0.405 e. The van der Waals surface area contributed by atoms with Crippen LogP contribution in [0.3, 0.4) is 0 Å². The minimum Gasteiger partial charge on any atom is -0.455 e. The van der Waals surface area contributed by atoms with Gasteiger partial charge in [-0.05, 0) is 25.0 Å². The first-order valence-corrected chi connectivity index (χ1v) is 9.51. The number of esters is 1. The Hall–Kier alpha value is -2.16. The highest BCUT2D eigenvalue weighted by molar-refractivity contribution is 7.18. The molecule has 2 aromatic rings. The third-order valence-electron chi connectivity index (χ3n) is 4.53. The average molecular weight is 400 g/mol. The van der Waals surface area contributed by atoms with Crippen LogP contribution in [0.25, 0.3) is 10.2 Å². The molecule has 0 radical (unpaired) electrons. The van der Waals surface area contributed by atoms with E-state index < -0.39 is 37.1 Å². The standard InChI is InChI=1S/C18H19F3N2O3S/c19-18(20,21)10-22-15(24)9-26-17(25)12-6-2-1-5-11(12)16-23-13-7-3-4-8-14(13)27-16/h3-4,7-8,11-12H,1-2,5-6,9-10H2,(H,22,24)/t11-,12-/m1/s1. The topological polar surface area (TPSA) is 68.3 Å². The van der Waals surface area contributed by atoms with Crippen molar-refractivity contribution < 1.29 is 27.5 Å². The molecule has 1 aliphatic carbocycles. The quantitative estimate of drug-likeness (QED) is 0.776. The van der Waals surface area contributed by atoms with Crippen LogP contribution in [0.5, 0.6) is 0 Å². The maximum atomic E-state index is 12.5. The fourth-order valence-corrected chi connectivity index (χ4v) is 4.42. The van der Waals surface area contributed by atoms with E-state index in [2.05, 4.69) is 4.98 Å². The molecule has 146 valence electrons. The van der Waals surface area contributed by atoms with E-state index in [-0.39, 0.29) is 5.92 Å². The molecule has 27 heavy (non-hydrogen) atoms. The molecule has 0 bridgehead atoms. The van der Waals surface area contributed by atoms with Crippen LogP contribution >= 0.6 is 11.3 Å². The molecule has 0 aliphatic heterocycles. The van der Waals surface area contributed by atoms with Crippen molar-refractivity contribution in [2.24, 2.45) is 5.92 Å². The number of nitrogens with zero attached hydrogens (tertiary/aromatic N) is 1. The van der Waals surface area contributed by atoms with E-state index in [0.717, 1.165) is 34.5 Å². The Balaban J connectivity index is 1.62. The molecule has 1 aromatic carbocycles. The lowest BCUT2D eigenvalue weighted by Gasteiger charge is -2.28. The fourth-order valence-electron chi connectivity index (χ4n) is 3.25.